The van der Waals surface area contributed by atoms with E-state index < -0.39 is 12.1 Å². The maximum Gasteiger partial charge on any atom is 0.345 e. The van der Waals surface area contributed by atoms with Crippen molar-refractivity contribution in [3.63, 3.8) is 0 Å². The van der Waals surface area contributed by atoms with Gasteiger partial charge in [-0.15, -0.1) is 0 Å². The second-order valence-electron chi connectivity index (χ2n) is 4.04. The Labute approximate surface area is 102 Å². The maximum atomic E-state index is 11.8. The van der Waals surface area contributed by atoms with E-state index in [-0.39, 0.29) is 18.0 Å². The molecule has 18 heavy (non-hydrogen) atoms. The van der Waals surface area contributed by atoms with Gasteiger partial charge >= 0.3 is 5.97 Å². The summed E-state index contributed by atoms with van der Waals surface area (Å²) in [5.74, 6) is -0.461. The first-order valence-electron chi connectivity index (χ1n) is 5.52. The standard InChI is InChI=1S/C12H10O6/c13-7-5-9(12(14)15)18-10-6(7)1-2-8-11(10)17-4-3-16-8/h1-2,9H,3-5H2,(H,14,15). The summed E-state index contributed by atoms with van der Waals surface area (Å²) >= 11 is 0. The number of fused-ring (bicyclic) bond motifs is 3. The van der Waals surface area contributed by atoms with Gasteiger partial charge in [0.25, 0.3) is 0 Å². The van der Waals surface area contributed by atoms with Gasteiger partial charge in [-0.2, -0.15) is 0 Å². The van der Waals surface area contributed by atoms with Crippen molar-refractivity contribution in [2.75, 3.05) is 13.2 Å². The number of aliphatic carboxylic acids is 1. The first-order chi connectivity index (χ1) is 8.66. The predicted molar refractivity (Wildman–Crippen MR) is 58.4 cm³/mol. The van der Waals surface area contributed by atoms with Crippen LogP contribution >= 0.6 is 0 Å². The smallest absolute Gasteiger partial charge is 0.345 e. The van der Waals surface area contributed by atoms with Crippen molar-refractivity contribution >= 4 is 11.8 Å². The van der Waals surface area contributed by atoms with E-state index in [9.17, 15) is 9.59 Å². The van der Waals surface area contributed by atoms with Gasteiger partial charge in [-0.25, -0.2) is 4.79 Å². The van der Waals surface area contributed by atoms with Gasteiger partial charge in [-0.05, 0) is 12.1 Å². The molecule has 1 aromatic carbocycles. The minimum Gasteiger partial charge on any atom is -0.486 e. The normalized spacial score (nSPS) is 20.9. The third kappa shape index (κ3) is 1.57. The highest BCUT2D eigenvalue weighted by Crippen LogP contribution is 2.44. The Hall–Kier alpha value is -2.24. The van der Waals surface area contributed by atoms with Crippen LogP contribution in [-0.2, 0) is 4.79 Å². The molecule has 0 bridgehead atoms. The van der Waals surface area contributed by atoms with Crippen molar-refractivity contribution in [1.29, 1.82) is 0 Å². The lowest BCUT2D eigenvalue weighted by Crippen LogP contribution is -2.34. The molecule has 0 saturated carbocycles. The first-order valence-corrected chi connectivity index (χ1v) is 5.52. The number of hydrogen-bond donors (Lipinski definition) is 1. The largest absolute Gasteiger partial charge is 0.486 e. The average Bonchev–Trinajstić information content (AvgIpc) is 2.38. The minimum absolute atomic E-state index is 0.165. The summed E-state index contributed by atoms with van der Waals surface area (Å²) in [5.41, 5.74) is 0.344. The molecule has 2 aliphatic heterocycles. The molecule has 2 aliphatic rings. The summed E-state index contributed by atoms with van der Waals surface area (Å²) in [6.07, 6.45) is -1.33. The lowest BCUT2D eigenvalue weighted by atomic mass is 10.00. The van der Waals surface area contributed by atoms with Crippen LogP contribution < -0.4 is 14.2 Å². The van der Waals surface area contributed by atoms with Crippen LogP contribution in [0.3, 0.4) is 0 Å². The van der Waals surface area contributed by atoms with Gasteiger partial charge in [-0.1, -0.05) is 0 Å². The molecule has 1 N–H and O–H groups in total. The summed E-state index contributed by atoms with van der Waals surface area (Å²) in [6.45, 7) is 0.765. The Morgan fingerprint density at radius 2 is 2.00 bits per heavy atom. The van der Waals surface area contributed by atoms with Gasteiger partial charge in [0.1, 0.15) is 13.2 Å². The van der Waals surface area contributed by atoms with Crippen molar-refractivity contribution in [2.45, 2.75) is 12.5 Å². The highest BCUT2D eigenvalue weighted by molar-refractivity contribution is 6.03. The van der Waals surface area contributed by atoms with E-state index in [2.05, 4.69) is 0 Å². The number of ketones is 1. The molecule has 3 rings (SSSR count). The van der Waals surface area contributed by atoms with Crippen LogP contribution in [-0.4, -0.2) is 36.2 Å². The lowest BCUT2D eigenvalue weighted by molar-refractivity contribution is -0.145. The Morgan fingerprint density at radius 1 is 1.22 bits per heavy atom. The van der Waals surface area contributed by atoms with Gasteiger partial charge in [-0.3, -0.25) is 4.79 Å². The fraction of sp³-hybridized carbons (Fsp3) is 0.333. The van der Waals surface area contributed by atoms with Crippen LogP contribution in [0.15, 0.2) is 12.1 Å². The number of carbonyl (C=O) groups excluding carboxylic acids is 1. The van der Waals surface area contributed by atoms with E-state index in [4.69, 9.17) is 19.3 Å². The Bertz CT molecular complexity index is 536. The third-order valence-electron chi connectivity index (χ3n) is 2.87. The van der Waals surface area contributed by atoms with E-state index in [0.29, 0.717) is 30.3 Å². The van der Waals surface area contributed by atoms with E-state index in [1.807, 2.05) is 0 Å². The third-order valence-corrected chi connectivity index (χ3v) is 2.87. The molecule has 94 valence electrons. The quantitative estimate of drug-likeness (QED) is 0.796. The fourth-order valence-corrected chi connectivity index (χ4v) is 2.03. The average molecular weight is 250 g/mol. The number of rotatable bonds is 1. The number of Topliss-reactive ketones (excluding diaryl/α,β-unsaturated/α-hetero) is 1. The molecular formula is C12H10O6. The molecule has 1 unspecified atom stereocenters. The number of ether oxygens (including phenoxy) is 3. The van der Waals surface area contributed by atoms with Gasteiger partial charge < -0.3 is 19.3 Å². The predicted octanol–water partition coefficient (Wildman–Crippen LogP) is 0.876. The van der Waals surface area contributed by atoms with Crippen LogP contribution in [0.2, 0.25) is 0 Å². The number of hydrogen-bond acceptors (Lipinski definition) is 5. The summed E-state index contributed by atoms with van der Waals surface area (Å²) in [6, 6.07) is 3.21. The molecule has 0 amide bonds. The molecule has 0 spiro atoms. The Balaban J connectivity index is 2.09. The topological polar surface area (TPSA) is 82.1 Å². The SMILES string of the molecule is O=C1CC(C(=O)O)Oc2c1ccc1c2OCCO1. The fourth-order valence-electron chi connectivity index (χ4n) is 2.03. The highest BCUT2D eigenvalue weighted by Gasteiger charge is 2.35. The van der Waals surface area contributed by atoms with Crippen molar-refractivity contribution in [1.82, 2.24) is 0 Å². The van der Waals surface area contributed by atoms with E-state index in [1.165, 1.54) is 0 Å². The summed E-state index contributed by atoms with van der Waals surface area (Å²) in [4.78, 5) is 22.8. The second-order valence-corrected chi connectivity index (χ2v) is 4.04. The van der Waals surface area contributed by atoms with Gasteiger partial charge in [0, 0.05) is 0 Å². The molecule has 6 heteroatoms. The van der Waals surface area contributed by atoms with Gasteiger partial charge in [0.2, 0.25) is 11.9 Å². The summed E-state index contributed by atoms with van der Waals surface area (Å²) < 4.78 is 16.1. The van der Waals surface area contributed by atoms with E-state index in [0.717, 1.165) is 0 Å². The zero-order chi connectivity index (χ0) is 12.7. The van der Waals surface area contributed by atoms with Gasteiger partial charge in [0.15, 0.2) is 17.3 Å². The van der Waals surface area contributed by atoms with Gasteiger partial charge in [0.05, 0.1) is 12.0 Å². The minimum atomic E-state index is -1.16. The number of carbonyl (C=O) groups is 2. The molecule has 1 aromatic rings. The first kappa shape index (κ1) is 10.9. The number of carboxylic acids is 1. The van der Waals surface area contributed by atoms with Crippen molar-refractivity contribution in [2.24, 2.45) is 0 Å². The van der Waals surface area contributed by atoms with E-state index >= 15 is 0 Å². The Kier molecular flexibility index (Phi) is 2.36. The Morgan fingerprint density at radius 3 is 2.78 bits per heavy atom. The van der Waals surface area contributed by atoms with Crippen LogP contribution in [0.5, 0.6) is 17.2 Å². The number of benzene rings is 1. The summed E-state index contributed by atoms with van der Waals surface area (Å²) in [5, 5.41) is 8.94. The molecule has 6 nitrogen and oxygen atoms in total. The lowest BCUT2D eigenvalue weighted by Gasteiger charge is -2.27. The molecule has 0 saturated heterocycles. The summed E-state index contributed by atoms with van der Waals surface area (Å²) in [7, 11) is 0. The molecule has 2 heterocycles. The maximum absolute atomic E-state index is 11.8. The molecule has 0 aromatic heterocycles. The van der Waals surface area contributed by atoms with Crippen LogP contribution in [0.1, 0.15) is 16.8 Å². The highest BCUT2D eigenvalue weighted by atomic mass is 16.6. The zero-order valence-electron chi connectivity index (χ0n) is 9.34. The second kappa shape index (κ2) is 3.90. The van der Waals surface area contributed by atoms with E-state index in [1.54, 1.807) is 12.1 Å². The molecule has 0 radical (unpaired) electrons. The monoisotopic (exact) mass is 250 g/mol. The number of carboxylic acid groups (broad SMARTS) is 1. The van der Waals surface area contributed by atoms with Crippen LogP contribution in [0, 0.1) is 0 Å². The van der Waals surface area contributed by atoms with Crippen LogP contribution in [0.4, 0.5) is 0 Å². The van der Waals surface area contributed by atoms with Crippen LogP contribution in [0.25, 0.3) is 0 Å². The van der Waals surface area contributed by atoms with Crippen molar-refractivity contribution < 1.29 is 28.9 Å². The van der Waals surface area contributed by atoms with Crippen molar-refractivity contribution in [3.05, 3.63) is 17.7 Å². The van der Waals surface area contributed by atoms with Crippen molar-refractivity contribution in [3.8, 4) is 17.2 Å². The molecular weight excluding hydrogens is 240 g/mol. The molecule has 1 atom stereocenters. The molecule has 0 fully saturated rings. The zero-order valence-corrected chi connectivity index (χ0v) is 9.34. The molecule has 0 aliphatic carbocycles.